The fraction of sp³-hybridized carbons (Fsp3) is 0.533. The van der Waals surface area contributed by atoms with Crippen molar-refractivity contribution in [3.05, 3.63) is 34.3 Å². The molecule has 3 unspecified atom stereocenters. The third-order valence-corrected chi connectivity index (χ3v) is 5.23. The number of hydrogen-bond donors (Lipinski definition) is 3. The molecule has 4 atom stereocenters. The van der Waals surface area contributed by atoms with E-state index in [0.29, 0.717) is 16.1 Å². The van der Waals surface area contributed by atoms with Crippen LogP contribution < -0.4 is 15.7 Å². The lowest BCUT2D eigenvalue weighted by Gasteiger charge is -2.24. The first-order chi connectivity index (χ1) is 11.4. The number of carbonyl (C=O) groups excluding carboxylic acids is 1. The van der Waals surface area contributed by atoms with Crippen LogP contribution in [0.1, 0.15) is 30.0 Å². The highest BCUT2D eigenvalue weighted by atomic mass is 35.5. The molecular formula is C15H22ClF2N3OP2. The van der Waals surface area contributed by atoms with Gasteiger partial charge in [-0.15, -0.1) is 0 Å². The van der Waals surface area contributed by atoms with Crippen LogP contribution in [0.5, 0.6) is 0 Å². The Labute approximate surface area is 149 Å². The van der Waals surface area contributed by atoms with Gasteiger partial charge in [0, 0.05) is 11.6 Å². The Kier molecular flexibility index (Phi) is 7.77. The molecule has 1 aliphatic heterocycles. The molecule has 9 heteroatoms. The van der Waals surface area contributed by atoms with E-state index in [2.05, 4.69) is 24.6 Å². The van der Waals surface area contributed by atoms with Crippen molar-refractivity contribution < 1.29 is 13.6 Å². The fourth-order valence-electron chi connectivity index (χ4n) is 2.73. The predicted molar refractivity (Wildman–Crippen MR) is 98.8 cm³/mol. The summed E-state index contributed by atoms with van der Waals surface area (Å²) in [5.41, 5.74) is 1.07. The predicted octanol–water partition coefficient (Wildman–Crippen LogP) is 3.42. The van der Waals surface area contributed by atoms with Crippen LogP contribution in [-0.4, -0.2) is 31.6 Å². The number of amides is 1. The van der Waals surface area contributed by atoms with Crippen LogP contribution >= 0.6 is 28.3 Å². The van der Waals surface area contributed by atoms with Crippen molar-refractivity contribution in [2.24, 2.45) is 0 Å². The number of halogens is 3. The van der Waals surface area contributed by atoms with Gasteiger partial charge in [-0.05, 0) is 57.1 Å². The SMILES string of the molecule is CP(P)NC(c1ccc(Cl)cc1CNC(=O)[C@@H]1CCCN1)C(F)F. The Balaban J connectivity index is 2.15. The Bertz CT molecular complexity index is 572. The minimum Gasteiger partial charge on any atom is -0.351 e. The van der Waals surface area contributed by atoms with Gasteiger partial charge in [-0.2, -0.15) is 0 Å². The minimum absolute atomic E-state index is 0.108. The molecule has 134 valence electrons. The average molecular weight is 396 g/mol. The molecule has 0 radical (unpaired) electrons. The third-order valence-electron chi connectivity index (χ3n) is 3.86. The van der Waals surface area contributed by atoms with E-state index < -0.39 is 20.2 Å². The Morgan fingerprint density at radius 1 is 1.54 bits per heavy atom. The number of nitrogens with one attached hydrogen (secondary N) is 3. The first-order valence-corrected chi connectivity index (χ1v) is 11.5. The maximum atomic E-state index is 13.5. The standard InChI is InChI=1S/C15H22ClF2N3OP2/c1-24(23)21-13(14(17)18)11-5-4-10(16)7-9(11)8-20-15(22)12-3-2-6-19-12/h4-5,7,12-14,19,21H,2-3,6,8,23H2,1H3,(H,20,22)/t12-,13?,24?/m0/s1. The maximum Gasteiger partial charge on any atom is 0.258 e. The highest BCUT2D eigenvalue weighted by molar-refractivity contribution is 8.12. The van der Waals surface area contributed by atoms with Gasteiger partial charge in [-0.1, -0.05) is 26.6 Å². The fourth-order valence-corrected chi connectivity index (χ4v) is 4.09. The molecule has 3 N–H and O–H groups in total. The quantitative estimate of drug-likeness (QED) is 0.620. The number of alkyl halides is 2. The Morgan fingerprint density at radius 3 is 2.88 bits per heavy atom. The highest BCUT2D eigenvalue weighted by Gasteiger charge is 2.26. The lowest BCUT2D eigenvalue weighted by Crippen LogP contribution is -2.40. The van der Waals surface area contributed by atoms with Gasteiger partial charge in [0.25, 0.3) is 6.43 Å². The van der Waals surface area contributed by atoms with Gasteiger partial charge in [0.15, 0.2) is 0 Å². The van der Waals surface area contributed by atoms with Crippen molar-refractivity contribution in [1.82, 2.24) is 15.7 Å². The van der Waals surface area contributed by atoms with Crippen LogP contribution in [0.4, 0.5) is 8.78 Å². The van der Waals surface area contributed by atoms with Gasteiger partial charge >= 0.3 is 0 Å². The average Bonchev–Trinajstić information content (AvgIpc) is 3.05. The molecule has 2 rings (SSSR count). The summed E-state index contributed by atoms with van der Waals surface area (Å²) in [4.78, 5) is 12.1. The largest absolute Gasteiger partial charge is 0.351 e. The number of carbonyl (C=O) groups is 1. The molecule has 1 aromatic carbocycles. The van der Waals surface area contributed by atoms with Crippen molar-refractivity contribution >= 4 is 34.2 Å². The van der Waals surface area contributed by atoms with E-state index in [9.17, 15) is 13.6 Å². The summed E-state index contributed by atoms with van der Waals surface area (Å²) in [7, 11) is 1.73. The van der Waals surface area contributed by atoms with Crippen molar-refractivity contribution in [1.29, 1.82) is 0 Å². The summed E-state index contributed by atoms with van der Waals surface area (Å²) in [6.45, 7) is 2.85. The molecule has 1 heterocycles. The smallest absolute Gasteiger partial charge is 0.258 e. The Hall–Kier alpha value is -0.380. The second-order valence-corrected chi connectivity index (χ2v) is 10.0. The monoisotopic (exact) mass is 395 g/mol. The van der Waals surface area contributed by atoms with Gasteiger partial charge in [0.2, 0.25) is 5.91 Å². The molecule has 24 heavy (non-hydrogen) atoms. The van der Waals surface area contributed by atoms with Crippen LogP contribution in [0.3, 0.4) is 0 Å². The van der Waals surface area contributed by atoms with E-state index in [1.165, 1.54) is 0 Å². The highest BCUT2D eigenvalue weighted by Crippen LogP contribution is 2.40. The van der Waals surface area contributed by atoms with E-state index in [1.54, 1.807) is 18.2 Å². The molecule has 1 amide bonds. The molecule has 0 aromatic heterocycles. The first-order valence-electron chi connectivity index (χ1n) is 7.70. The van der Waals surface area contributed by atoms with Crippen LogP contribution in [0, 0.1) is 0 Å². The summed E-state index contributed by atoms with van der Waals surface area (Å²) in [5, 5.41) is 9.30. The molecule has 0 aliphatic carbocycles. The number of hydrogen-bond acceptors (Lipinski definition) is 3. The van der Waals surface area contributed by atoms with Gasteiger partial charge in [0.05, 0.1) is 12.1 Å². The van der Waals surface area contributed by atoms with Crippen molar-refractivity contribution in [2.75, 3.05) is 13.2 Å². The normalized spacial score (nSPS) is 20.2. The summed E-state index contributed by atoms with van der Waals surface area (Å²) in [6, 6.07) is 3.54. The van der Waals surface area contributed by atoms with Crippen LogP contribution in [-0.2, 0) is 11.3 Å². The molecule has 0 spiro atoms. The van der Waals surface area contributed by atoms with E-state index in [4.69, 9.17) is 11.6 Å². The minimum atomic E-state index is -2.55. The van der Waals surface area contributed by atoms with Crippen molar-refractivity contribution in [3.63, 3.8) is 0 Å². The van der Waals surface area contributed by atoms with Crippen LogP contribution in [0.25, 0.3) is 0 Å². The third kappa shape index (κ3) is 5.57. The van der Waals surface area contributed by atoms with E-state index in [1.807, 2.05) is 6.66 Å². The lowest BCUT2D eigenvalue weighted by molar-refractivity contribution is -0.122. The van der Waals surface area contributed by atoms with E-state index in [0.717, 1.165) is 19.4 Å². The molecule has 1 fully saturated rings. The first kappa shape index (κ1) is 19.9. The molecule has 0 saturated carbocycles. The lowest BCUT2D eigenvalue weighted by atomic mass is 10.0. The van der Waals surface area contributed by atoms with Crippen molar-refractivity contribution in [2.45, 2.75) is 37.9 Å². The second-order valence-electron chi connectivity index (χ2n) is 5.76. The molecule has 1 aliphatic rings. The van der Waals surface area contributed by atoms with E-state index in [-0.39, 0.29) is 18.5 Å². The van der Waals surface area contributed by atoms with E-state index >= 15 is 0 Å². The van der Waals surface area contributed by atoms with Crippen LogP contribution in [0.2, 0.25) is 5.02 Å². The Morgan fingerprint density at radius 2 is 2.29 bits per heavy atom. The molecule has 1 aromatic rings. The number of rotatable bonds is 7. The zero-order chi connectivity index (χ0) is 17.7. The molecular weight excluding hydrogens is 374 g/mol. The topological polar surface area (TPSA) is 53.2 Å². The number of benzene rings is 1. The summed E-state index contributed by atoms with van der Waals surface area (Å²) >= 11 is 6.02. The van der Waals surface area contributed by atoms with Gasteiger partial charge in [0.1, 0.15) is 0 Å². The second kappa shape index (κ2) is 9.35. The molecule has 0 bridgehead atoms. The zero-order valence-corrected chi connectivity index (χ0v) is 16.2. The van der Waals surface area contributed by atoms with Gasteiger partial charge in [-0.3, -0.25) is 9.88 Å². The molecule has 1 saturated heterocycles. The van der Waals surface area contributed by atoms with Crippen molar-refractivity contribution in [3.8, 4) is 0 Å². The summed E-state index contributed by atoms with van der Waals surface area (Å²) in [5.74, 6) is -0.108. The van der Waals surface area contributed by atoms with Gasteiger partial charge in [-0.25, -0.2) is 8.78 Å². The van der Waals surface area contributed by atoms with Gasteiger partial charge < -0.3 is 10.6 Å². The maximum absolute atomic E-state index is 13.5. The zero-order valence-electron chi connectivity index (χ0n) is 13.4. The summed E-state index contributed by atoms with van der Waals surface area (Å²) in [6.07, 6.45) is -0.794. The molecule has 4 nitrogen and oxygen atoms in total. The van der Waals surface area contributed by atoms with Crippen LogP contribution in [0.15, 0.2) is 18.2 Å². The summed E-state index contributed by atoms with van der Waals surface area (Å²) < 4.78 is 27.0.